The molecular formula is C17H21NO2. The predicted octanol–water partition coefficient (Wildman–Crippen LogP) is 3.91. The maximum atomic E-state index is 5.88. The Bertz CT molecular complexity index is 567. The molecule has 0 saturated carbocycles. The van der Waals surface area contributed by atoms with Gasteiger partial charge in [-0.25, -0.2) is 0 Å². The van der Waals surface area contributed by atoms with Crippen molar-refractivity contribution in [3.8, 4) is 17.2 Å². The van der Waals surface area contributed by atoms with Crippen LogP contribution in [0.5, 0.6) is 17.2 Å². The summed E-state index contributed by atoms with van der Waals surface area (Å²) < 4.78 is 11.3. The van der Waals surface area contributed by atoms with E-state index in [0.29, 0.717) is 6.61 Å². The Morgan fingerprint density at radius 3 is 2.45 bits per heavy atom. The van der Waals surface area contributed by atoms with Crippen molar-refractivity contribution in [3.05, 3.63) is 53.6 Å². The van der Waals surface area contributed by atoms with Crippen LogP contribution in [0.15, 0.2) is 42.5 Å². The van der Waals surface area contributed by atoms with Crippen molar-refractivity contribution in [2.75, 3.05) is 13.7 Å². The lowest BCUT2D eigenvalue weighted by Crippen LogP contribution is -2.06. The van der Waals surface area contributed by atoms with Gasteiger partial charge in [-0.05, 0) is 56.3 Å². The highest BCUT2D eigenvalue weighted by atomic mass is 16.5. The van der Waals surface area contributed by atoms with E-state index >= 15 is 0 Å². The lowest BCUT2D eigenvalue weighted by Gasteiger charge is -2.11. The summed E-state index contributed by atoms with van der Waals surface area (Å²) in [6.07, 6.45) is 0. The van der Waals surface area contributed by atoms with Gasteiger partial charge in [0.2, 0.25) is 0 Å². The van der Waals surface area contributed by atoms with Gasteiger partial charge in [-0.15, -0.1) is 0 Å². The number of hydrogen-bond acceptors (Lipinski definition) is 3. The van der Waals surface area contributed by atoms with Gasteiger partial charge in [0.25, 0.3) is 0 Å². The number of benzene rings is 2. The SMILES string of the molecule is CCOc1cccc(Oc2ccc(CNC)c(C)c2)c1. The highest BCUT2D eigenvalue weighted by molar-refractivity contribution is 5.40. The fraction of sp³-hybridized carbons (Fsp3) is 0.294. The minimum absolute atomic E-state index is 0.654. The molecule has 0 aliphatic rings. The van der Waals surface area contributed by atoms with E-state index in [1.165, 1.54) is 11.1 Å². The van der Waals surface area contributed by atoms with Crippen LogP contribution in [0.25, 0.3) is 0 Å². The highest BCUT2D eigenvalue weighted by Gasteiger charge is 2.03. The molecule has 0 aromatic heterocycles. The van der Waals surface area contributed by atoms with Crippen molar-refractivity contribution in [1.82, 2.24) is 5.32 Å². The Morgan fingerprint density at radius 1 is 1.00 bits per heavy atom. The quantitative estimate of drug-likeness (QED) is 0.864. The molecule has 0 spiro atoms. The number of hydrogen-bond donors (Lipinski definition) is 1. The Balaban J connectivity index is 2.13. The van der Waals surface area contributed by atoms with Crippen LogP contribution in [-0.2, 0) is 6.54 Å². The predicted molar refractivity (Wildman–Crippen MR) is 81.6 cm³/mol. The lowest BCUT2D eigenvalue weighted by atomic mass is 10.1. The summed E-state index contributed by atoms with van der Waals surface area (Å²) >= 11 is 0. The van der Waals surface area contributed by atoms with E-state index < -0.39 is 0 Å². The number of ether oxygens (including phenoxy) is 2. The van der Waals surface area contributed by atoms with Crippen molar-refractivity contribution >= 4 is 0 Å². The summed E-state index contributed by atoms with van der Waals surface area (Å²) in [6.45, 7) is 5.58. The molecule has 0 aliphatic heterocycles. The first-order valence-corrected chi connectivity index (χ1v) is 6.87. The van der Waals surface area contributed by atoms with Crippen molar-refractivity contribution < 1.29 is 9.47 Å². The average molecular weight is 271 g/mol. The maximum Gasteiger partial charge on any atom is 0.131 e. The Hall–Kier alpha value is -2.00. The van der Waals surface area contributed by atoms with Gasteiger partial charge in [-0.3, -0.25) is 0 Å². The zero-order valence-electron chi connectivity index (χ0n) is 12.3. The third kappa shape index (κ3) is 3.75. The number of aryl methyl sites for hydroxylation is 1. The molecule has 1 N–H and O–H groups in total. The normalized spacial score (nSPS) is 10.3. The van der Waals surface area contributed by atoms with E-state index in [-0.39, 0.29) is 0 Å². The van der Waals surface area contributed by atoms with E-state index in [1.807, 2.05) is 44.3 Å². The Kier molecular flexibility index (Phi) is 5.02. The first kappa shape index (κ1) is 14.4. The van der Waals surface area contributed by atoms with E-state index in [1.54, 1.807) is 0 Å². The summed E-state index contributed by atoms with van der Waals surface area (Å²) in [5.74, 6) is 2.46. The molecule has 2 aromatic carbocycles. The number of rotatable bonds is 6. The molecule has 0 unspecified atom stereocenters. The second-order valence-electron chi connectivity index (χ2n) is 4.63. The zero-order valence-corrected chi connectivity index (χ0v) is 12.3. The van der Waals surface area contributed by atoms with E-state index in [2.05, 4.69) is 24.4 Å². The maximum absolute atomic E-state index is 5.88. The van der Waals surface area contributed by atoms with Crippen LogP contribution < -0.4 is 14.8 Å². The van der Waals surface area contributed by atoms with Crippen LogP contribution in [0.2, 0.25) is 0 Å². The van der Waals surface area contributed by atoms with Gasteiger partial charge in [-0.2, -0.15) is 0 Å². The first-order chi connectivity index (χ1) is 9.72. The van der Waals surface area contributed by atoms with Crippen molar-refractivity contribution in [2.24, 2.45) is 0 Å². The standard InChI is InChI=1S/C17H21NO2/c1-4-19-15-6-5-7-16(11-15)20-17-9-8-14(12-18-3)13(2)10-17/h5-11,18H,4,12H2,1-3H3. The molecule has 0 aliphatic carbocycles. The molecule has 0 amide bonds. The third-order valence-electron chi connectivity index (χ3n) is 3.03. The van der Waals surface area contributed by atoms with Crippen LogP contribution in [0.1, 0.15) is 18.1 Å². The molecule has 106 valence electrons. The van der Waals surface area contributed by atoms with Crippen LogP contribution in [0.4, 0.5) is 0 Å². The van der Waals surface area contributed by atoms with Crippen LogP contribution in [0, 0.1) is 6.92 Å². The molecule has 2 aromatic rings. The van der Waals surface area contributed by atoms with Crippen molar-refractivity contribution in [3.63, 3.8) is 0 Å². The third-order valence-corrected chi connectivity index (χ3v) is 3.03. The van der Waals surface area contributed by atoms with Crippen LogP contribution >= 0.6 is 0 Å². The van der Waals surface area contributed by atoms with Crippen molar-refractivity contribution in [1.29, 1.82) is 0 Å². The monoisotopic (exact) mass is 271 g/mol. The molecule has 3 nitrogen and oxygen atoms in total. The Morgan fingerprint density at radius 2 is 1.75 bits per heavy atom. The summed E-state index contributed by atoms with van der Waals surface area (Å²) in [5, 5.41) is 3.16. The molecule has 3 heteroatoms. The molecule has 20 heavy (non-hydrogen) atoms. The first-order valence-electron chi connectivity index (χ1n) is 6.87. The molecule has 0 heterocycles. The van der Waals surface area contributed by atoms with Gasteiger partial charge in [0, 0.05) is 12.6 Å². The molecule has 0 fully saturated rings. The molecule has 0 atom stereocenters. The molecular weight excluding hydrogens is 250 g/mol. The highest BCUT2D eigenvalue weighted by Crippen LogP contribution is 2.26. The van der Waals surface area contributed by atoms with E-state index in [4.69, 9.17) is 9.47 Å². The van der Waals surface area contributed by atoms with Gasteiger partial charge in [-0.1, -0.05) is 12.1 Å². The van der Waals surface area contributed by atoms with Gasteiger partial charge >= 0.3 is 0 Å². The van der Waals surface area contributed by atoms with Crippen LogP contribution in [-0.4, -0.2) is 13.7 Å². The zero-order chi connectivity index (χ0) is 14.4. The summed E-state index contributed by atoms with van der Waals surface area (Å²) in [4.78, 5) is 0. The smallest absolute Gasteiger partial charge is 0.131 e. The van der Waals surface area contributed by atoms with E-state index in [0.717, 1.165) is 23.8 Å². The fourth-order valence-electron chi connectivity index (χ4n) is 2.05. The minimum atomic E-state index is 0.654. The lowest BCUT2D eigenvalue weighted by molar-refractivity contribution is 0.338. The topological polar surface area (TPSA) is 30.5 Å². The second-order valence-corrected chi connectivity index (χ2v) is 4.63. The molecule has 2 rings (SSSR count). The van der Waals surface area contributed by atoms with Crippen LogP contribution in [0.3, 0.4) is 0 Å². The average Bonchev–Trinajstić information content (AvgIpc) is 2.43. The Labute approximate surface area is 120 Å². The fourth-order valence-corrected chi connectivity index (χ4v) is 2.05. The van der Waals surface area contributed by atoms with Gasteiger partial charge < -0.3 is 14.8 Å². The largest absolute Gasteiger partial charge is 0.494 e. The molecule has 0 saturated heterocycles. The van der Waals surface area contributed by atoms with Gasteiger partial charge in [0.1, 0.15) is 17.2 Å². The summed E-state index contributed by atoms with van der Waals surface area (Å²) in [7, 11) is 1.95. The number of nitrogens with one attached hydrogen (secondary N) is 1. The minimum Gasteiger partial charge on any atom is -0.494 e. The van der Waals surface area contributed by atoms with Gasteiger partial charge in [0.15, 0.2) is 0 Å². The second kappa shape index (κ2) is 6.96. The van der Waals surface area contributed by atoms with Gasteiger partial charge in [0.05, 0.1) is 6.61 Å². The van der Waals surface area contributed by atoms with E-state index in [9.17, 15) is 0 Å². The summed E-state index contributed by atoms with van der Waals surface area (Å²) in [5.41, 5.74) is 2.50. The summed E-state index contributed by atoms with van der Waals surface area (Å²) in [6, 6.07) is 13.8. The van der Waals surface area contributed by atoms with Crippen molar-refractivity contribution in [2.45, 2.75) is 20.4 Å². The molecule has 0 bridgehead atoms. The molecule has 0 radical (unpaired) electrons.